The first-order valence-corrected chi connectivity index (χ1v) is 8.59. The lowest BCUT2D eigenvalue weighted by Crippen LogP contribution is -2.42. The van der Waals surface area contributed by atoms with Gasteiger partial charge >= 0.3 is 0 Å². The Balaban J connectivity index is 1.78. The van der Waals surface area contributed by atoms with Gasteiger partial charge < -0.3 is 9.84 Å². The van der Waals surface area contributed by atoms with Crippen LogP contribution < -0.4 is 4.74 Å². The molecule has 0 aliphatic heterocycles. The van der Waals surface area contributed by atoms with E-state index in [0.29, 0.717) is 36.0 Å². The van der Waals surface area contributed by atoms with Crippen molar-refractivity contribution in [1.82, 2.24) is 0 Å². The van der Waals surface area contributed by atoms with Crippen LogP contribution in [-0.4, -0.2) is 18.0 Å². The molecule has 0 spiro atoms. The van der Waals surface area contributed by atoms with Crippen molar-refractivity contribution in [2.45, 2.75) is 51.4 Å². The van der Waals surface area contributed by atoms with E-state index < -0.39 is 5.82 Å². The van der Waals surface area contributed by atoms with Crippen LogP contribution in [-0.2, 0) is 11.2 Å². The number of carbonyl (C=O) groups is 1. The number of methoxy groups -OCH3 is 1. The van der Waals surface area contributed by atoms with E-state index in [1.807, 2.05) is 6.07 Å². The molecule has 23 heavy (non-hydrogen) atoms. The Kier molecular flexibility index (Phi) is 3.23. The topological polar surface area (TPSA) is 46.5 Å². The number of ether oxygens (including phenoxy) is 1. The number of rotatable bonds is 1. The molecule has 0 radical (unpaired) electrons. The predicted molar refractivity (Wildman–Crippen MR) is 84.2 cm³/mol. The van der Waals surface area contributed by atoms with E-state index in [-0.39, 0.29) is 22.8 Å². The van der Waals surface area contributed by atoms with Crippen LogP contribution in [0.5, 0.6) is 11.5 Å². The fraction of sp³-hybridized carbons (Fsp3) is 0.632. The zero-order chi connectivity index (χ0) is 16.4. The molecule has 3 nitrogen and oxygen atoms in total. The first-order chi connectivity index (χ1) is 11.0. The van der Waals surface area contributed by atoms with Gasteiger partial charge in [0.2, 0.25) is 0 Å². The summed E-state index contributed by atoms with van der Waals surface area (Å²) in [5, 5.41) is 9.93. The number of carbonyl (C=O) groups excluding carboxylic acids is 1. The quantitative estimate of drug-likeness (QED) is 0.852. The van der Waals surface area contributed by atoms with Crippen molar-refractivity contribution in [3.63, 3.8) is 0 Å². The molecule has 4 atom stereocenters. The molecule has 0 aromatic heterocycles. The summed E-state index contributed by atoms with van der Waals surface area (Å²) in [5.74, 6) is 0.895. The molecule has 1 aromatic rings. The second-order valence-corrected chi connectivity index (χ2v) is 7.64. The maximum Gasteiger partial charge on any atom is 0.194 e. The average molecular weight is 318 g/mol. The smallest absolute Gasteiger partial charge is 0.194 e. The molecule has 3 aliphatic rings. The Morgan fingerprint density at radius 2 is 2.09 bits per heavy atom. The molecule has 3 aliphatic carbocycles. The summed E-state index contributed by atoms with van der Waals surface area (Å²) in [7, 11) is 1.45. The highest BCUT2D eigenvalue weighted by Gasteiger charge is 2.54. The summed E-state index contributed by atoms with van der Waals surface area (Å²) in [6, 6.07) is 1.82. The summed E-state index contributed by atoms with van der Waals surface area (Å²) in [6.45, 7) is 2.14. The lowest BCUT2D eigenvalue weighted by molar-refractivity contribution is -0.129. The molecule has 2 saturated carbocycles. The van der Waals surface area contributed by atoms with E-state index in [9.17, 15) is 14.3 Å². The minimum absolute atomic E-state index is 0.168. The van der Waals surface area contributed by atoms with Crippen LogP contribution >= 0.6 is 0 Å². The normalized spacial score (nSPS) is 35.4. The van der Waals surface area contributed by atoms with E-state index in [0.717, 1.165) is 31.2 Å². The second kappa shape index (κ2) is 4.96. The van der Waals surface area contributed by atoms with E-state index in [1.165, 1.54) is 7.11 Å². The molecule has 4 rings (SSSR count). The number of ketones is 1. The van der Waals surface area contributed by atoms with Gasteiger partial charge in [0.05, 0.1) is 7.11 Å². The number of aromatic hydroxyl groups is 1. The lowest BCUT2D eigenvalue weighted by Gasteiger charge is -2.48. The molecule has 0 heterocycles. The third kappa shape index (κ3) is 1.90. The SMILES string of the molecule is COc1cc2c(c(F)c1O)CC[C@@H]1[C@@H]2CC[C@]2(C)C(=O)CC[C@@H]12. The molecular weight excluding hydrogens is 295 g/mol. The van der Waals surface area contributed by atoms with Gasteiger partial charge in [-0.25, -0.2) is 4.39 Å². The fourth-order valence-corrected chi connectivity index (χ4v) is 5.57. The third-order valence-corrected chi connectivity index (χ3v) is 6.83. The Labute approximate surface area is 135 Å². The van der Waals surface area contributed by atoms with Gasteiger partial charge in [-0.2, -0.15) is 0 Å². The van der Waals surface area contributed by atoms with Crippen molar-refractivity contribution in [2.75, 3.05) is 7.11 Å². The molecule has 0 saturated heterocycles. The molecule has 124 valence electrons. The third-order valence-electron chi connectivity index (χ3n) is 6.83. The Morgan fingerprint density at radius 3 is 2.83 bits per heavy atom. The summed E-state index contributed by atoms with van der Waals surface area (Å²) in [4.78, 5) is 12.3. The number of benzene rings is 1. The van der Waals surface area contributed by atoms with Crippen LogP contribution in [0.1, 0.15) is 56.1 Å². The van der Waals surface area contributed by atoms with Gasteiger partial charge in [0.15, 0.2) is 17.3 Å². The highest BCUT2D eigenvalue weighted by Crippen LogP contribution is 2.60. The largest absolute Gasteiger partial charge is 0.502 e. The molecule has 0 amide bonds. The van der Waals surface area contributed by atoms with Crippen molar-refractivity contribution in [2.24, 2.45) is 17.3 Å². The monoisotopic (exact) mass is 318 g/mol. The number of hydrogen-bond acceptors (Lipinski definition) is 3. The van der Waals surface area contributed by atoms with Gasteiger partial charge in [-0.1, -0.05) is 6.92 Å². The summed E-state index contributed by atoms with van der Waals surface area (Å²) < 4.78 is 19.7. The number of Topliss-reactive ketones (excluding diaryl/α,β-unsaturated/α-hetero) is 1. The van der Waals surface area contributed by atoms with E-state index in [4.69, 9.17) is 4.74 Å². The minimum Gasteiger partial charge on any atom is -0.502 e. The van der Waals surface area contributed by atoms with Crippen LogP contribution in [0.4, 0.5) is 4.39 Å². The van der Waals surface area contributed by atoms with E-state index in [2.05, 4.69) is 6.92 Å². The zero-order valence-electron chi connectivity index (χ0n) is 13.7. The van der Waals surface area contributed by atoms with E-state index >= 15 is 0 Å². The Hall–Kier alpha value is -1.58. The number of halogens is 1. The molecule has 2 fully saturated rings. The van der Waals surface area contributed by atoms with Crippen molar-refractivity contribution < 1.29 is 19.0 Å². The van der Waals surface area contributed by atoms with Gasteiger partial charge in [-0.15, -0.1) is 0 Å². The van der Waals surface area contributed by atoms with Crippen molar-refractivity contribution >= 4 is 5.78 Å². The fourth-order valence-electron chi connectivity index (χ4n) is 5.57. The number of fused-ring (bicyclic) bond motifs is 5. The highest BCUT2D eigenvalue weighted by molar-refractivity contribution is 5.87. The molecule has 1 aromatic carbocycles. The minimum atomic E-state index is -0.520. The first kappa shape index (κ1) is 15.0. The van der Waals surface area contributed by atoms with Gasteiger partial charge in [0.25, 0.3) is 0 Å². The molecular formula is C19H23FO3. The Bertz CT molecular complexity index is 684. The molecule has 4 heteroatoms. The maximum atomic E-state index is 14.5. The Morgan fingerprint density at radius 1 is 1.30 bits per heavy atom. The van der Waals surface area contributed by atoms with Gasteiger partial charge in [-0.3, -0.25) is 4.79 Å². The summed E-state index contributed by atoms with van der Waals surface area (Å²) in [5.41, 5.74) is 1.48. The van der Waals surface area contributed by atoms with Crippen molar-refractivity contribution in [1.29, 1.82) is 0 Å². The molecule has 1 N–H and O–H groups in total. The number of phenolic OH excluding ortho intramolecular Hbond substituents is 1. The van der Waals surface area contributed by atoms with Gasteiger partial charge in [-0.05, 0) is 67.1 Å². The number of phenols is 1. The van der Waals surface area contributed by atoms with Gasteiger partial charge in [0, 0.05) is 11.8 Å². The first-order valence-electron chi connectivity index (χ1n) is 8.59. The molecule has 0 unspecified atom stereocenters. The maximum absolute atomic E-state index is 14.5. The zero-order valence-corrected chi connectivity index (χ0v) is 13.7. The standard InChI is InChI=1S/C19H23FO3/c1-19-8-7-10-11(14(19)5-6-16(19)21)3-4-12-13(10)9-15(23-2)18(22)17(12)20/h9-11,14,22H,3-8H2,1-2H3/t10-,11+,14-,19-/m0/s1. The van der Waals surface area contributed by atoms with Crippen LogP contribution in [0, 0.1) is 23.1 Å². The number of hydrogen-bond donors (Lipinski definition) is 1. The van der Waals surface area contributed by atoms with Crippen LogP contribution in [0.2, 0.25) is 0 Å². The van der Waals surface area contributed by atoms with Gasteiger partial charge in [0.1, 0.15) is 5.78 Å². The highest BCUT2D eigenvalue weighted by atomic mass is 19.1. The predicted octanol–water partition coefficient (Wildman–Crippen LogP) is 3.97. The summed E-state index contributed by atoms with van der Waals surface area (Å²) >= 11 is 0. The second-order valence-electron chi connectivity index (χ2n) is 7.64. The average Bonchev–Trinajstić information content (AvgIpc) is 2.86. The summed E-state index contributed by atoms with van der Waals surface area (Å²) in [6.07, 6.45) is 5.04. The van der Waals surface area contributed by atoms with Crippen LogP contribution in [0.15, 0.2) is 6.07 Å². The molecule has 0 bridgehead atoms. The van der Waals surface area contributed by atoms with Crippen molar-refractivity contribution in [3.05, 3.63) is 23.0 Å². The van der Waals surface area contributed by atoms with Crippen LogP contribution in [0.3, 0.4) is 0 Å². The van der Waals surface area contributed by atoms with Crippen LogP contribution in [0.25, 0.3) is 0 Å². The van der Waals surface area contributed by atoms with E-state index in [1.54, 1.807) is 0 Å². The van der Waals surface area contributed by atoms with Crippen molar-refractivity contribution in [3.8, 4) is 11.5 Å². The lowest BCUT2D eigenvalue weighted by atomic mass is 9.55.